The van der Waals surface area contributed by atoms with Crippen molar-refractivity contribution in [1.29, 1.82) is 0 Å². The zero-order valence-electron chi connectivity index (χ0n) is 10.7. The Hall–Kier alpha value is -1.10. The molecule has 2 unspecified atom stereocenters. The first-order chi connectivity index (χ1) is 8.83. The molecule has 2 atom stereocenters. The molecule has 4 heteroatoms. The van der Waals surface area contributed by atoms with Crippen LogP contribution in [0.3, 0.4) is 0 Å². The normalized spacial score (nSPS) is 22.3. The highest BCUT2D eigenvalue weighted by Gasteiger charge is 2.29. The van der Waals surface area contributed by atoms with E-state index in [1.807, 2.05) is 24.3 Å². The van der Waals surface area contributed by atoms with Crippen molar-refractivity contribution in [1.82, 2.24) is 0 Å². The van der Waals surface area contributed by atoms with E-state index >= 15 is 0 Å². The lowest BCUT2D eigenvalue weighted by Crippen LogP contribution is -2.34. The van der Waals surface area contributed by atoms with Crippen LogP contribution in [0.25, 0.3) is 0 Å². The standard InChI is InChI=1S/C14H20O4/c1-2-7-16-8-9-17-13-10-18-12-6-4-3-5-11(12)14(13)15/h3-6,13-15H,2,7-10H2,1H3. The summed E-state index contributed by atoms with van der Waals surface area (Å²) in [5.74, 6) is 0.743. The van der Waals surface area contributed by atoms with Crippen molar-refractivity contribution in [2.24, 2.45) is 0 Å². The van der Waals surface area contributed by atoms with Gasteiger partial charge in [0.1, 0.15) is 24.6 Å². The van der Waals surface area contributed by atoms with Crippen LogP contribution in [0.4, 0.5) is 0 Å². The Morgan fingerprint density at radius 1 is 1.28 bits per heavy atom. The lowest BCUT2D eigenvalue weighted by molar-refractivity contribution is -0.0849. The summed E-state index contributed by atoms with van der Waals surface area (Å²) < 4.78 is 16.5. The molecule has 1 aromatic rings. The minimum absolute atomic E-state index is 0.315. The second-order valence-corrected chi connectivity index (χ2v) is 4.32. The van der Waals surface area contributed by atoms with E-state index < -0.39 is 6.10 Å². The van der Waals surface area contributed by atoms with Crippen molar-refractivity contribution >= 4 is 0 Å². The summed E-state index contributed by atoms with van der Waals surface area (Å²) in [6, 6.07) is 7.51. The van der Waals surface area contributed by atoms with E-state index in [2.05, 4.69) is 6.92 Å². The van der Waals surface area contributed by atoms with Gasteiger partial charge < -0.3 is 19.3 Å². The first kappa shape index (κ1) is 13.3. The SMILES string of the molecule is CCCOCCOC1COc2ccccc2C1O. The van der Waals surface area contributed by atoms with Crippen molar-refractivity contribution in [2.75, 3.05) is 26.4 Å². The molecule has 0 amide bonds. The van der Waals surface area contributed by atoms with Gasteiger partial charge in [-0.2, -0.15) is 0 Å². The molecule has 1 aliphatic heterocycles. The molecule has 2 rings (SSSR count). The average molecular weight is 252 g/mol. The number of para-hydroxylation sites is 1. The molecule has 0 aromatic heterocycles. The lowest BCUT2D eigenvalue weighted by Gasteiger charge is -2.30. The Morgan fingerprint density at radius 2 is 2.11 bits per heavy atom. The molecule has 1 aliphatic rings. The molecule has 1 aromatic carbocycles. The molecule has 100 valence electrons. The monoisotopic (exact) mass is 252 g/mol. The number of rotatable bonds is 6. The van der Waals surface area contributed by atoms with Gasteiger partial charge in [0, 0.05) is 12.2 Å². The molecule has 0 spiro atoms. The van der Waals surface area contributed by atoms with Crippen LogP contribution in [-0.2, 0) is 9.47 Å². The predicted molar refractivity (Wildman–Crippen MR) is 67.7 cm³/mol. The van der Waals surface area contributed by atoms with Crippen molar-refractivity contribution < 1.29 is 19.3 Å². The minimum Gasteiger partial charge on any atom is -0.490 e. The molecule has 0 radical (unpaired) electrons. The van der Waals surface area contributed by atoms with Gasteiger partial charge in [-0.25, -0.2) is 0 Å². The average Bonchev–Trinajstić information content (AvgIpc) is 2.41. The predicted octanol–water partition coefficient (Wildman–Crippen LogP) is 1.92. The maximum atomic E-state index is 10.2. The van der Waals surface area contributed by atoms with Gasteiger partial charge in [0.15, 0.2) is 0 Å². The number of aliphatic hydroxyl groups is 1. The number of ether oxygens (including phenoxy) is 3. The Labute approximate surface area is 107 Å². The third-order valence-electron chi connectivity index (χ3n) is 2.90. The zero-order valence-corrected chi connectivity index (χ0v) is 10.7. The van der Waals surface area contributed by atoms with Crippen LogP contribution in [0, 0.1) is 0 Å². The van der Waals surface area contributed by atoms with E-state index in [9.17, 15) is 5.11 Å². The van der Waals surface area contributed by atoms with Crippen LogP contribution in [0.5, 0.6) is 5.75 Å². The summed E-state index contributed by atoms with van der Waals surface area (Å²) in [5, 5.41) is 10.2. The van der Waals surface area contributed by atoms with Gasteiger partial charge in [0.05, 0.1) is 13.2 Å². The van der Waals surface area contributed by atoms with Gasteiger partial charge in [0.25, 0.3) is 0 Å². The number of hydrogen-bond donors (Lipinski definition) is 1. The van der Waals surface area contributed by atoms with Crippen LogP contribution in [0.15, 0.2) is 24.3 Å². The third kappa shape index (κ3) is 3.22. The molecule has 0 saturated heterocycles. The van der Waals surface area contributed by atoms with Crippen LogP contribution < -0.4 is 4.74 Å². The van der Waals surface area contributed by atoms with E-state index in [-0.39, 0.29) is 6.10 Å². The fourth-order valence-corrected chi connectivity index (χ4v) is 1.96. The van der Waals surface area contributed by atoms with E-state index in [1.165, 1.54) is 0 Å². The summed E-state index contributed by atoms with van der Waals surface area (Å²) in [6.07, 6.45) is 0.0639. The molecule has 18 heavy (non-hydrogen) atoms. The van der Waals surface area contributed by atoms with Gasteiger partial charge in [-0.05, 0) is 12.5 Å². The van der Waals surface area contributed by atoms with Crippen molar-refractivity contribution in [2.45, 2.75) is 25.6 Å². The minimum atomic E-state index is -0.624. The van der Waals surface area contributed by atoms with E-state index in [1.54, 1.807) is 0 Å². The summed E-state index contributed by atoms with van der Waals surface area (Å²) in [7, 11) is 0. The van der Waals surface area contributed by atoms with Gasteiger partial charge in [-0.3, -0.25) is 0 Å². The van der Waals surface area contributed by atoms with Crippen molar-refractivity contribution in [3.8, 4) is 5.75 Å². The Balaban J connectivity index is 1.82. The molecule has 4 nitrogen and oxygen atoms in total. The highest BCUT2D eigenvalue weighted by Crippen LogP contribution is 2.32. The second-order valence-electron chi connectivity index (χ2n) is 4.32. The molecular weight excluding hydrogens is 232 g/mol. The Bertz CT molecular complexity index is 367. The number of benzene rings is 1. The summed E-state index contributed by atoms with van der Waals surface area (Å²) in [5.41, 5.74) is 0.795. The van der Waals surface area contributed by atoms with Crippen LogP contribution >= 0.6 is 0 Å². The zero-order chi connectivity index (χ0) is 12.8. The largest absolute Gasteiger partial charge is 0.490 e. The van der Waals surface area contributed by atoms with E-state index in [4.69, 9.17) is 14.2 Å². The van der Waals surface area contributed by atoms with Crippen LogP contribution in [0.2, 0.25) is 0 Å². The first-order valence-electron chi connectivity index (χ1n) is 6.42. The number of hydrogen-bond acceptors (Lipinski definition) is 4. The molecular formula is C14H20O4. The topological polar surface area (TPSA) is 47.9 Å². The molecule has 0 aliphatic carbocycles. The van der Waals surface area contributed by atoms with Gasteiger partial charge in [-0.1, -0.05) is 25.1 Å². The quantitative estimate of drug-likeness (QED) is 0.786. The third-order valence-corrected chi connectivity index (χ3v) is 2.90. The fraction of sp³-hybridized carbons (Fsp3) is 0.571. The van der Waals surface area contributed by atoms with E-state index in [0.29, 0.717) is 19.8 Å². The van der Waals surface area contributed by atoms with Crippen LogP contribution in [-0.4, -0.2) is 37.6 Å². The number of fused-ring (bicyclic) bond motifs is 1. The highest BCUT2D eigenvalue weighted by atomic mass is 16.6. The maximum Gasteiger partial charge on any atom is 0.125 e. The Morgan fingerprint density at radius 3 is 2.94 bits per heavy atom. The smallest absolute Gasteiger partial charge is 0.125 e. The molecule has 1 heterocycles. The van der Waals surface area contributed by atoms with E-state index in [0.717, 1.165) is 24.3 Å². The van der Waals surface area contributed by atoms with Gasteiger partial charge in [-0.15, -0.1) is 0 Å². The number of aliphatic hydroxyl groups excluding tert-OH is 1. The summed E-state index contributed by atoms with van der Waals surface area (Å²) in [6.45, 7) is 4.23. The highest BCUT2D eigenvalue weighted by molar-refractivity contribution is 5.37. The second kappa shape index (κ2) is 6.73. The van der Waals surface area contributed by atoms with Crippen LogP contribution in [0.1, 0.15) is 25.0 Å². The lowest BCUT2D eigenvalue weighted by atomic mass is 10.0. The van der Waals surface area contributed by atoms with Gasteiger partial charge >= 0.3 is 0 Å². The van der Waals surface area contributed by atoms with Crippen molar-refractivity contribution in [3.05, 3.63) is 29.8 Å². The van der Waals surface area contributed by atoms with Gasteiger partial charge in [0.2, 0.25) is 0 Å². The molecule has 0 fully saturated rings. The summed E-state index contributed by atoms with van der Waals surface area (Å²) in [4.78, 5) is 0. The Kier molecular flexibility index (Phi) is 4.99. The molecule has 1 N–H and O–H groups in total. The maximum absolute atomic E-state index is 10.2. The molecule has 0 bridgehead atoms. The van der Waals surface area contributed by atoms with Crippen molar-refractivity contribution in [3.63, 3.8) is 0 Å². The fourth-order valence-electron chi connectivity index (χ4n) is 1.96. The summed E-state index contributed by atoms with van der Waals surface area (Å²) >= 11 is 0. The molecule has 0 saturated carbocycles. The first-order valence-corrected chi connectivity index (χ1v) is 6.42.